The third-order valence-electron chi connectivity index (χ3n) is 2.89. The Morgan fingerprint density at radius 1 is 1.60 bits per heavy atom. The summed E-state index contributed by atoms with van der Waals surface area (Å²) in [5.74, 6) is -0.621. The van der Waals surface area contributed by atoms with E-state index in [1.807, 2.05) is 13.0 Å². The molecule has 0 atom stereocenters. The standard InChI is InChI=1S/C11H12ClNO2/c1-6-5-8(7-3-2-4-7)9(11(14)15)10(12)13-6/h5,7H,2-4H2,1H3,(H,14,15). The molecule has 0 unspecified atom stereocenters. The molecule has 2 rings (SSSR count). The summed E-state index contributed by atoms with van der Waals surface area (Å²) in [6, 6.07) is 1.85. The van der Waals surface area contributed by atoms with Crippen molar-refractivity contribution in [3.8, 4) is 0 Å². The van der Waals surface area contributed by atoms with Crippen LogP contribution in [0, 0.1) is 6.92 Å². The highest BCUT2D eigenvalue weighted by Gasteiger charge is 2.27. The molecule has 0 radical (unpaired) electrons. The molecule has 1 aliphatic rings. The molecular weight excluding hydrogens is 214 g/mol. The zero-order valence-electron chi connectivity index (χ0n) is 8.46. The van der Waals surface area contributed by atoms with Crippen LogP contribution in [0.25, 0.3) is 0 Å². The molecule has 1 saturated carbocycles. The van der Waals surface area contributed by atoms with Crippen LogP contribution in [-0.4, -0.2) is 16.1 Å². The van der Waals surface area contributed by atoms with E-state index in [0.717, 1.165) is 24.1 Å². The van der Waals surface area contributed by atoms with E-state index in [4.69, 9.17) is 16.7 Å². The van der Waals surface area contributed by atoms with E-state index in [-0.39, 0.29) is 10.7 Å². The second kappa shape index (κ2) is 3.81. The lowest BCUT2D eigenvalue weighted by molar-refractivity contribution is 0.0694. The van der Waals surface area contributed by atoms with Gasteiger partial charge in [0.25, 0.3) is 0 Å². The van der Waals surface area contributed by atoms with Gasteiger partial charge in [-0.3, -0.25) is 0 Å². The van der Waals surface area contributed by atoms with Crippen LogP contribution in [0.1, 0.15) is 46.8 Å². The van der Waals surface area contributed by atoms with Gasteiger partial charge in [-0.25, -0.2) is 9.78 Å². The number of hydrogen-bond acceptors (Lipinski definition) is 2. The van der Waals surface area contributed by atoms with Gasteiger partial charge in [-0.05, 0) is 37.3 Å². The predicted molar refractivity (Wildman–Crippen MR) is 57.5 cm³/mol. The van der Waals surface area contributed by atoms with Crippen molar-refractivity contribution in [2.75, 3.05) is 0 Å². The number of rotatable bonds is 2. The molecule has 80 valence electrons. The number of carboxylic acids is 1. The van der Waals surface area contributed by atoms with Crippen molar-refractivity contribution in [2.24, 2.45) is 0 Å². The summed E-state index contributed by atoms with van der Waals surface area (Å²) < 4.78 is 0. The molecule has 1 aliphatic carbocycles. The normalized spacial score (nSPS) is 16.1. The maximum absolute atomic E-state index is 11.1. The van der Waals surface area contributed by atoms with Gasteiger partial charge >= 0.3 is 5.97 Å². The predicted octanol–water partition coefficient (Wildman–Crippen LogP) is 3.01. The van der Waals surface area contributed by atoms with E-state index < -0.39 is 5.97 Å². The Labute approximate surface area is 93.1 Å². The molecule has 3 nitrogen and oxygen atoms in total. The molecule has 0 aliphatic heterocycles. The first kappa shape index (κ1) is 10.4. The lowest BCUT2D eigenvalue weighted by Gasteiger charge is -2.27. The molecule has 1 fully saturated rings. The van der Waals surface area contributed by atoms with Crippen molar-refractivity contribution < 1.29 is 9.90 Å². The fourth-order valence-corrected chi connectivity index (χ4v) is 2.24. The summed E-state index contributed by atoms with van der Waals surface area (Å²) in [4.78, 5) is 15.1. The zero-order valence-corrected chi connectivity index (χ0v) is 9.21. The van der Waals surface area contributed by atoms with Crippen LogP contribution >= 0.6 is 11.6 Å². The Balaban J connectivity index is 2.53. The van der Waals surface area contributed by atoms with Crippen molar-refractivity contribution >= 4 is 17.6 Å². The Morgan fingerprint density at radius 2 is 2.27 bits per heavy atom. The van der Waals surface area contributed by atoms with Gasteiger partial charge in [-0.15, -0.1) is 0 Å². The summed E-state index contributed by atoms with van der Waals surface area (Å²) in [5, 5.41) is 9.20. The van der Waals surface area contributed by atoms with Gasteiger partial charge in [0, 0.05) is 5.69 Å². The van der Waals surface area contributed by atoms with Crippen molar-refractivity contribution in [1.29, 1.82) is 0 Å². The van der Waals surface area contributed by atoms with Gasteiger partial charge in [0.2, 0.25) is 0 Å². The van der Waals surface area contributed by atoms with E-state index in [9.17, 15) is 4.79 Å². The second-order valence-corrected chi connectivity index (χ2v) is 4.31. The third-order valence-corrected chi connectivity index (χ3v) is 3.17. The van der Waals surface area contributed by atoms with Crippen LogP contribution in [0.15, 0.2) is 6.07 Å². The monoisotopic (exact) mass is 225 g/mol. The van der Waals surface area contributed by atoms with Crippen molar-refractivity contribution in [3.05, 3.63) is 28.0 Å². The molecule has 1 aromatic rings. The molecule has 0 amide bonds. The Kier molecular flexibility index (Phi) is 2.65. The minimum Gasteiger partial charge on any atom is -0.478 e. The summed E-state index contributed by atoms with van der Waals surface area (Å²) in [5.41, 5.74) is 1.82. The fourth-order valence-electron chi connectivity index (χ4n) is 1.91. The van der Waals surface area contributed by atoms with E-state index in [1.165, 1.54) is 6.42 Å². The lowest BCUT2D eigenvalue weighted by Crippen LogP contribution is -2.15. The molecular formula is C11H12ClNO2. The van der Waals surface area contributed by atoms with Gasteiger partial charge in [-0.1, -0.05) is 18.0 Å². The van der Waals surface area contributed by atoms with Crippen molar-refractivity contribution in [3.63, 3.8) is 0 Å². The number of carboxylic acid groups (broad SMARTS) is 1. The van der Waals surface area contributed by atoms with Gasteiger partial charge in [0.1, 0.15) is 10.7 Å². The maximum Gasteiger partial charge on any atom is 0.339 e. The van der Waals surface area contributed by atoms with E-state index >= 15 is 0 Å². The zero-order chi connectivity index (χ0) is 11.0. The first-order valence-electron chi connectivity index (χ1n) is 5.00. The molecule has 0 bridgehead atoms. The Hall–Kier alpha value is -1.09. The van der Waals surface area contributed by atoms with Crippen molar-refractivity contribution in [2.45, 2.75) is 32.1 Å². The number of aromatic nitrogens is 1. The van der Waals surface area contributed by atoms with Gasteiger partial charge in [-0.2, -0.15) is 0 Å². The molecule has 1 aromatic heterocycles. The van der Waals surface area contributed by atoms with Crippen LogP contribution in [0.4, 0.5) is 0 Å². The number of aromatic carboxylic acids is 1. The largest absolute Gasteiger partial charge is 0.478 e. The average molecular weight is 226 g/mol. The number of pyridine rings is 1. The van der Waals surface area contributed by atoms with Crippen LogP contribution in [-0.2, 0) is 0 Å². The molecule has 15 heavy (non-hydrogen) atoms. The lowest BCUT2D eigenvalue weighted by atomic mass is 9.78. The van der Waals surface area contributed by atoms with Crippen LogP contribution in [0.2, 0.25) is 5.15 Å². The molecule has 0 aromatic carbocycles. The Morgan fingerprint density at radius 3 is 2.73 bits per heavy atom. The van der Waals surface area contributed by atoms with E-state index in [1.54, 1.807) is 0 Å². The number of nitrogens with zero attached hydrogens (tertiary/aromatic N) is 1. The fraction of sp³-hybridized carbons (Fsp3) is 0.455. The second-order valence-electron chi connectivity index (χ2n) is 3.95. The molecule has 1 heterocycles. The number of hydrogen-bond donors (Lipinski definition) is 1. The molecule has 0 saturated heterocycles. The third kappa shape index (κ3) is 1.84. The van der Waals surface area contributed by atoms with Crippen LogP contribution in [0.3, 0.4) is 0 Å². The van der Waals surface area contributed by atoms with E-state index in [0.29, 0.717) is 5.92 Å². The van der Waals surface area contributed by atoms with E-state index in [2.05, 4.69) is 4.98 Å². The van der Waals surface area contributed by atoms with Gasteiger partial charge in [0.05, 0.1) is 0 Å². The van der Waals surface area contributed by atoms with Crippen LogP contribution < -0.4 is 0 Å². The summed E-state index contributed by atoms with van der Waals surface area (Å²) in [6.07, 6.45) is 3.28. The first-order chi connectivity index (χ1) is 7.09. The highest BCUT2D eigenvalue weighted by molar-refractivity contribution is 6.32. The SMILES string of the molecule is Cc1cc(C2CCC2)c(C(=O)O)c(Cl)n1. The van der Waals surface area contributed by atoms with Gasteiger partial charge in [0.15, 0.2) is 0 Å². The highest BCUT2D eigenvalue weighted by Crippen LogP contribution is 2.39. The summed E-state index contributed by atoms with van der Waals surface area (Å²) >= 11 is 5.86. The number of halogens is 1. The topological polar surface area (TPSA) is 50.2 Å². The van der Waals surface area contributed by atoms with Crippen LogP contribution in [0.5, 0.6) is 0 Å². The first-order valence-corrected chi connectivity index (χ1v) is 5.37. The number of carbonyl (C=O) groups is 1. The minimum atomic E-state index is -0.977. The smallest absolute Gasteiger partial charge is 0.339 e. The minimum absolute atomic E-state index is 0.115. The van der Waals surface area contributed by atoms with Crippen molar-refractivity contribution in [1.82, 2.24) is 4.98 Å². The van der Waals surface area contributed by atoms with Gasteiger partial charge < -0.3 is 5.11 Å². The highest BCUT2D eigenvalue weighted by atomic mass is 35.5. The molecule has 0 spiro atoms. The molecule has 1 N–H and O–H groups in total. The molecule has 4 heteroatoms. The average Bonchev–Trinajstić information content (AvgIpc) is 1.97. The maximum atomic E-state index is 11.1. The summed E-state index contributed by atoms with van der Waals surface area (Å²) in [6.45, 7) is 1.83. The Bertz CT molecular complexity index is 413. The summed E-state index contributed by atoms with van der Waals surface area (Å²) in [7, 11) is 0. The number of aryl methyl sites for hydroxylation is 1. The quantitative estimate of drug-likeness (QED) is 0.788.